The number of fused-ring (bicyclic) bond motifs is 2. The molecule has 0 spiro atoms. The Morgan fingerprint density at radius 3 is 2.94 bits per heavy atom. The fraction of sp³-hybridized carbons (Fsp3) is 0.714. The number of aliphatic hydroxyl groups is 1. The first kappa shape index (κ1) is 11.7. The largest absolute Gasteiger partial charge is 0.383 e. The summed E-state index contributed by atoms with van der Waals surface area (Å²) in [6, 6.07) is 4.68. The molecule has 1 aromatic heterocycles. The van der Waals surface area contributed by atoms with Crippen LogP contribution in [0.5, 0.6) is 0 Å². The molecule has 2 fully saturated rings. The van der Waals surface area contributed by atoms with Crippen molar-refractivity contribution in [3.05, 3.63) is 22.4 Å². The highest BCUT2D eigenvalue weighted by atomic mass is 32.1. The van der Waals surface area contributed by atoms with E-state index in [1.807, 2.05) is 24.4 Å². The van der Waals surface area contributed by atoms with Crippen molar-refractivity contribution in [2.24, 2.45) is 11.8 Å². The van der Waals surface area contributed by atoms with Crippen LogP contribution in [-0.2, 0) is 5.60 Å². The molecule has 0 aromatic carbocycles. The van der Waals surface area contributed by atoms with Gasteiger partial charge in [-0.3, -0.25) is 0 Å². The van der Waals surface area contributed by atoms with Gasteiger partial charge in [-0.25, -0.2) is 0 Å². The van der Waals surface area contributed by atoms with Crippen molar-refractivity contribution in [3.8, 4) is 0 Å². The van der Waals surface area contributed by atoms with Gasteiger partial charge in [0.15, 0.2) is 0 Å². The summed E-state index contributed by atoms with van der Waals surface area (Å²) < 4.78 is 0. The first-order valence-electron chi connectivity index (χ1n) is 6.65. The average Bonchev–Trinajstić information content (AvgIpc) is 3.02. The fourth-order valence-corrected chi connectivity index (χ4v) is 4.28. The third-order valence-corrected chi connectivity index (χ3v) is 5.62. The van der Waals surface area contributed by atoms with E-state index in [4.69, 9.17) is 0 Å². The third kappa shape index (κ3) is 2.28. The van der Waals surface area contributed by atoms with Crippen molar-refractivity contribution in [1.82, 2.24) is 5.32 Å². The molecular weight excluding hydrogens is 230 g/mol. The lowest BCUT2D eigenvalue weighted by Crippen LogP contribution is -2.42. The highest BCUT2D eigenvalue weighted by Gasteiger charge is 2.40. The Kier molecular flexibility index (Phi) is 3.01. The molecular formula is C14H21NOS. The topological polar surface area (TPSA) is 32.3 Å². The van der Waals surface area contributed by atoms with Gasteiger partial charge >= 0.3 is 0 Å². The van der Waals surface area contributed by atoms with E-state index in [0.717, 1.165) is 16.7 Å². The Balaban J connectivity index is 1.57. The maximum atomic E-state index is 10.5. The van der Waals surface area contributed by atoms with Gasteiger partial charge in [0.1, 0.15) is 5.60 Å². The van der Waals surface area contributed by atoms with Crippen molar-refractivity contribution in [2.45, 2.75) is 44.2 Å². The Labute approximate surface area is 107 Å². The molecule has 4 unspecified atom stereocenters. The lowest BCUT2D eigenvalue weighted by Gasteiger charge is -2.28. The van der Waals surface area contributed by atoms with Crippen LogP contribution in [0.1, 0.15) is 37.5 Å². The van der Waals surface area contributed by atoms with E-state index in [0.29, 0.717) is 12.6 Å². The van der Waals surface area contributed by atoms with Crippen LogP contribution < -0.4 is 5.32 Å². The lowest BCUT2D eigenvalue weighted by molar-refractivity contribution is 0.0550. The van der Waals surface area contributed by atoms with Gasteiger partial charge < -0.3 is 10.4 Å². The second kappa shape index (κ2) is 4.38. The standard InChI is InChI=1S/C14H21NOS/c1-14(16,13-3-2-6-17-13)9-15-12-8-10-4-5-11(12)7-10/h2-3,6,10-12,15-16H,4-5,7-9H2,1H3. The van der Waals surface area contributed by atoms with Gasteiger partial charge in [-0.05, 0) is 49.5 Å². The molecule has 0 aliphatic heterocycles. The molecule has 17 heavy (non-hydrogen) atoms. The van der Waals surface area contributed by atoms with Crippen molar-refractivity contribution in [2.75, 3.05) is 6.54 Å². The van der Waals surface area contributed by atoms with Gasteiger partial charge in [0.05, 0.1) is 0 Å². The second-order valence-corrected chi connectivity index (χ2v) is 6.86. The third-order valence-electron chi connectivity index (χ3n) is 4.50. The first-order chi connectivity index (χ1) is 8.15. The molecule has 4 atom stereocenters. The summed E-state index contributed by atoms with van der Waals surface area (Å²) >= 11 is 1.64. The van der Waals surface area contributed by atoms with Crippen LogP contribution in [0.4, 0.5) is 0 Å². The molecule has 0 saturated heterocycles. The van der Waals surface area contributed by atoms with Gasteiger partial charge in [-0.1, -0.05) is 12.5 Å². The van der Waals surface area contributed by atoms with Crippen LogP contribution in [0.25, 0.3) is 0 Å². The maximum absolute atomic E-state index is 10.5. The van der Waals surface area contributed by atoms with Crippen molar-refractivity contribution < 1.29 is 5.11 Å². The van der Waals surface area contributed by atoms with Gasteiger partial charge in [-0.2, -0.15) is 0 Å². The molecule has 0 radical (unpaired) electrons. The molecule has 2 aliphatic rings. The minimum Gasteiger partial charge on any atom is -0.383 e. The summed E-state index contributed by atoms with van der Waals surface area (Å²) in [5, 5.41) is 16.1. The van der Waals surface area contributed by atoms with E-state index in [-0.39, 0.29) is 0 Å². The van der Waals surface area contributed by atoms with Gasteiger partial charge in [-0.15, -0.1) is 11.3 Å². The van der Waals surface area contributed by atoms with Gasteiger partial charge in [0.25, 0.3) is 0 Å². The van der Waals surface area contributed by atoms with Gasteiger partial charge in [0.2, 0.25) is 0 Å². The van der Waals surface area contributed by atoms with Crippen molar-refractivity contribution >= 4 is 11.3 Å². The summed E-state index contributed by atoms with van der Waals surface area (Å²) in [5.74, 6) is 1.84. The number of thiophene rings is 1. The molecule has 2 aliphatic carbocycles. The van der Waals surface area contributed by atoms with Crippen LogP contribution >= 0.6 is 11.3 Å². The minimum absolute atomic E-state index is 0.653. The highest BCUT2D eigenvalue weighted by molar-refractivity contribution is 7.10. The predicted molar refractivity (Wildman–Crippen MR) is 71.1 cm³/mol. The van der Waals surface area contributed by atoms with Crippen LogP contribution in [0.15, 0.2) is 17.5 Å². The molecule has 1 heterocycles. The minimum atomic E-state index is -0.712. The normalized spacial score (nSPS) is 35.1. The smallest absolute Gasteiger partial charge is 0.108 e. The van der Waals surface area contributed by atoms with Crippen LogP contribution in [0, 0.1) is 11.8 Å². The van der Waals surface area contributed by atoms with Crippen LogP contribution in [0.2, 0.25) is 0 Å². The molecule has 0 amide bonds. The van der Waals surface area contributed by atoms with E-state index >= 15 is 0 Å². The molecule has 3 heteroatoms. The predicted octanol–water partition coefficient (Wildman–Crippen LogP) is 2.73. The number of hydrogen-bond acceptors (Lipinski definition) is 3. The molecule has 3 rings (SSSR count). The van der Waals surface area contributed by atoms with E-state index in [2.05, 4.69) is 5.32 Å². The summed E-state index contributed by atoms with van der Waals surface area (Å²) in [4.78, 5) is 1.06. The molecule has 2 bridgehead atoms. The molecule has 2 saturated carbocycles. The van der Waals surface area contributed by atoms with E-state index in [1.165, 1.54) is 25.7 Å². The first-order valence-corrected chi connectivity index (χ1v) is 7.53. The Hall–Kier alpha value is -0.380. The Morgan fingerprint density at radius 2 is 2.35 bits per heavy atom. The van der Waals surface area contributed by atoms with E-state index in [1.54, 1.807) is 11.3 Å². The zero-order chi connectivity index (χ0) is 11.9. The molecule has 2 nitrogen and oxygen atoms in total. The monoisotopic (exact) mass is 251 g/mol. The number of rotatable bonds is 4. The number of hydrogen-bond donors (Lipinski definition) is 2. The Morgan fingerprint density at radius 1 is 1.47 bits per heavy atom. The molecule has 2 N–H and O–H groups in total. The van der Waals surface area contributed by atoms with Gasteiger partial charge in [0, 0.05) is 17.5 Å². The summed E-state index contributed by atoms with van der Waals surface area (Å²) in [6.45, 7) is 2.60. The zero-order valence-corrected chi connectivity index (χ0v) is 11.2. The SMILES string of the molecule is CC(O)(CNC1CC2CCC1C2)c1cccs1. The van der Waals surface area contributed by atoms with E-state index < -0.39 is 5.60 Å². The summed E-state index contributed by atoms with van der Waals surface area (Å²) in [6.07, 6.45) is 5.57. The molecule has 94 valence electrons. The van der Waals surface area contributed by atoms with Crippen molar-refractivity contribution in [3.63, 3.8) is 0 Å². The summed E-state index contributed by atoms with van der Waals surface area (Å²) in [7, 11) is 0. The van der Waals surface area contributed by atoms with Crippen molar-refractivity contribution in [1.29, 1.82) is 0 Å². The quantitative estimate of drug-likeness (QED) is 0.862. The second-order valence-electron chi connectivity index (χ2n) is 5.91. The molecule has 1 aromatic rings. The maximum Gasteiger partial charge on any atom is 0.108 e. The highest BCUT2D eigenvalue weighted by Crippen LogP contribution is 2.44. The number of nitrogens with one attached hydrogen (secondary N) is 1. The fourth-order valence-electron chi connectivity index (χ4n) is 3.50. The summed E-state index contributed by atoms with van der Waals surface area (Å²) in [5.41, 5.74) is -0.712. The zero-order valence-electron chi connectivity index (χ0n) is 10.4. The van der Waals surface area contributed by atoms with Crippen LogP contribution in [-0.4, -0.2) is 17.7 Å². The van der Waals surface area contributed by atoms with Crippen LogP contribution in [0.3, 0.4) is 0 Å². The van der Waals surface area contributed by atoms with E-state index in [9.17, 15) is 5.11 Å². The lowest BCUT2D eigenvalue weighted by atomic mass is 9.94. The average molecular weight is 251 g/mol. The Bertz CT molecular complexity index is 374.